The van der Waals surface area contributed by atoms with E-state index in [1.165, 1.54) is 43.4 Å². The van der Waals surface area contributed by atoms with Crippen LogP contribution >= 0.6 is 11.3 Å². The first-order valence-electron chi connectivity index (χ1n) is 17.0. The van der Waals surface area contributed by atoms with Gasteiger partial charge in [0, 0.05) is 42.5 Å². The number of carboxylic acid groups (broad SMARTS) is 1. The molecule has 8 rings (SSSR count). The standard InChI is InChI=1S/C38H40N6O3S/c1-23-14-25-15-24(2)17-38(16-23,18-25)22-44-20-27(19-39-44)28-10-11-33(41-34(28)36(46)47)43-13-12-26-6-5-7-29(30(26)21-43)35(45)42-37-40-31-8-3-4-9-32(31)48-37/h3-11,19-20,23-25H,12-18,21-22H2,1-2H3,(H,46,47)(H,40,42,45). The summed E-state index contributed by atoms with van der Waals surface area (Å²) < 4.78 is 3.05. The molecule has 2 aromatic carbocycles. The summed E-state index contributed by atoms with van der Waals surface area (Å²) in [4.78, 5) is 37.4. The smallest absolute Gasteiger partial charge is 0.355 e. The molecule has 2 saturated carbocycles. The monoisotopic (exact) mass is 660 g/mol. The third-order valence-electron chi connectivity index (χ3n) is 10.6. The number of hydrogen-bond donors (Lipinski definition) is 2. The number of amides is 1. The van der Waals surface area contributed by atoms with E-state index in [2.05, 4.69) is 40.1 Å². The normalized spacial score (nSPS) is 23.5. The number of benzene rings is 2. The fraction of sp³-hybridized carbons (Fsp3) is 0.395. The van der Waals surface area contributed by atoms with Crippen molar-refractivity contribution in [1.82, 2.24) is 19.7 Å². The van der Waals surface area contributed by atoms with Crippen LogP contribution in [0.1, 0.15) is 77.9 Å². The Morgan fingerprint density at radius 3 is 2.60 bits per heavy atom. The van der Waals surface area contributed by atoms with Crippen molar-refractivity contribution in [2.24, 2.45) is 23.2 Å². The van der Waals surface area contributed by atoms with Crippen molar-refractivity contribution in [3.05, 3.63) is 89.4 Å². The molecule has 2 N–H and O–H groups in total. The van der Waals surface area contributed by atoms with Crippen LogP contribution < -0.4 is 10.2 Å². The lowest BCUT2D eigenvalue weighted by Crippen LogP contribution is -2.41. The summed E-state index contributed by atoms with van der Waals surface area (Å²) in [6.45, 7) is 6.76. The molecule has 0 spiro atoms. The van der Waals surface area contributed by atoms with Crippen LogP contribution in [0.15, 0.2) is 67.0 Å². The number of rotatable bonds is 7. The number of anilines is 2. The SMILES string of the molecule is CC1CC2CC(C)CC(Cn3cc(-c4ccc(N5CCc6cccc(C(=O)Nc7nc8ccccc8s7)c6C5)nc4C(=O)O)cn3)(C1)C2. The Morgan fingerprint density at radius 1 is 1.00 bits per heavy atom. The van der Waals surface area contributed by atoms with Gasteiger partial charge < -0.3 is 10.0 Å². The van der Waals surface area contributed by atoms with Gasteiger partial charge in [-0.25, -0.2) is 14.8 Å². The molecule has 1 amide bonds. The zero-order chi connectivity index (χ0) is 33.0. The largest absolute Gasteiger partial charge is 0.476 e. The lowest BCUT2D eigenvalue weighted by Gasteiger charge is -2.50. The van der Waals surface area contributed by atoms with Gasteiger partial charge in [-0.3, -0.25) is 14.8 Å². The Balaban J connectivity index is 1.03. The van der Waals surface area contributed by atoms with E-state index in [1.807, 2.05) is 59.4 Å². The molecular formula is C38H40N6O3S. The number of nitrogens with zero attached hydrogens (tertiary/aromatic N) is 5. The fourth-order valence-electron chi connectivity index (χ4n) is 9.14. The highest BCUT2D eigenvalue weighted by Gasteiger charge is 2.44. The average molecular weight is 661 g/mol. The summed E-state index contributed by atoms with van der Waals surface area (Å²) in [7, 11) is 0. The molecule has 2 fully saturated rings. The molecule has 1 aliphatic heterocycles. The quantitative estimate of drug-likeness (QED) is 0.182. The van der Waals surface area contributed by atoms with Gasteiger partial charge in [-0.1, -0.05) is 49.4 Å². The number of carbonyl (C=O) groups excluding carboxylic acids is 1. The average Bonchev–Trinajstić information content (AvgIpc) is 3.69. The Labute approximate surface area is 284 Å². The van der Waals surface area contributed by atoms with E-state index in [0.717, 1.165) is 57.6 Å². The number of aromatic carboxylic acids is 1. The highest BCUT2D eigenvalue weighted by atomic mass is 32.1. The van der Waals surface area contributed by atoms with E-state index in [-0.39, 0.29) is 17.0 Å². The molecule has 246 valence electrons. The number of pyridine rings is 1. The molecule has 4 heterocycles. The minimum absolute atomic E-state index is 0.00974. The van der Waals surface area contributed by atoms with Crippen LogP contribution in [-0.2, 0) is 19.5 Å². The van der Waals surface area contributed by atoms with Crippen LogP contribution in [-0.4, -0.2) is 43.3 Å². The highest BCUT2D eigenvalue weighted by molar-refractivity contribution is 7.22. The fourth-order valence-corrected chi connectivity index (χ4v) is 10.00. The maximum absolute atomic E-state index is 13.5. The third-order valence-corrected chi connectivity index (χ3v) is 11.6. The predicted molar refractivity (Wildman–Crippen MR) is 189 cm³/mol. The second-order valence-corrected chi connectivity index (χ2v) is 15.5. The van der Waals surface area contributed by atoms with Gasteiger partial charge in [0.25, 0.3) is 5.91 Å². The lowest BCUT2D eigenvalue weighted by molar-refractivity contribution is 0.00219. The summed E-state index contributed by atoms with van der Waals surface area (Å²) in [6, 6.07) is 17.4. The molecule has 2 aliphatic carbocycles. The van der Waals surface area contributed by atoms with E-state index in [9.17, 15) is 14.7 Å². The number of aromatic nitrogens is 4. The number of nitrogens with one attached hydrogen (secondary N) is 1. The predicted octanol–water partition coefficient (Wildman–Crippen LogP) is 7.92. The van der Waals surface area contributed by atoms with E-state index < -0.39 is 5.97 Å². The molecule has 10 heteroatoms. The molecule has 0 radical (unpaired) electrons. The number of para-hydroxylation sites is 1. The van der Waals surface area contributed by atoms with Crippen molar-refractivity contribution in [3.8, 4) is 11.1 Å². The zero-order valence-corrected chi connectivity index (χ0v) is 28.2. The molecular weight excluding hydrogens is 621 g/mol. The van der Waals surface area contributed by atoms with Crippen molar-refractivity contribution < 1.29 is 14.7 Å². The van der Waals surface area contributed by atoms with Crippen molar-refractivity contribution in [1.29, 1.82) is 0 Å². The molecule has 48 heavy (non-hydrogen) atoms. The number of carboxylic acids is 1. The van der Waals surface area contributed by atoms with Crippen molar-refractivity contribution in [2.45, 2.75) is 65.5 Å². The molecule has 2 atom stereocenters. The summed E-state index contributed by atoms with van der Waals surface area (Å²) in [6.07, 6.45) is 10.9. The first kappa shape index (κ1) is 30.7. The maximum Gasteiger partial charge on any atom is 0.355 e. The summed E-state index contributed by atoms with van der Waals surface area (Å²) >= 11 is 1.45. The Kier molecular flexibility index (Phi) is 7.78. The first-order chi connectivity index (χ1) is 23.2. The first-order valence-corrected chi connectivity index (χ1v) is 17.8. The van der Waals surface area contributed by atoms with Crippen molar-refractivity contribution in [3.63, 3.8) is 0 Å². The highest BCUT2D eigenvalue weighted by Crippen LogP contribution is 2.53. The summed E-state index contributed by atoms with van der Waals surface area (Å²) in [5.41, 5.74) is 5.07. The van der Waals surface area contributed by atoms with Gasteiger partial charge in [-0.05, 0) is 103 Å². The Morgan fingerprint density at radius 2 is 1.81 bits per heavy atom. The molecule has 2 bridgehead atoms. The van der Waals surface area contributed by atoms with Crippen LogP contribution in [0.5, 0.6) is 0 Å². The molecule has 3 aliphatic rings. The second kappa shape index (κ2) is 12.1. The maximum atomic E-state index is 13.5. The van der Waals surface area contributed by atoms with E-state index >= 15 is 0 Å². The molecule has 5 aromatic rings. The molecule has 3 aromatic heterocycles. The zero-order valence-electron chi connectivity index (χ0n) is 27.4. The summed E-state index contributed by atoms with van der Waals surface area (Å²) in [5.74, 6) is 1.55. The third kappa shape index (κ3) is 5.87. The number of hydrogen-bond acceptors (Lipinski definition) is 7. The van der Waals surface area contributed by atoms with Gasteiger partial charge in [-0.2, -0.15) is 5.10 Å². The number of carbonyl (C=O) groups is 2. The van der Waals surface area contributed by atoms with Gasteiger partial charge in [0.05, 0.1) is 16.4 Å². The van der Waals surface area contributed by atoms with Gasteiger partial charge in [-0.15, -0.1) is 0 Å². The van der Waals surface area contributed by atoms with Crippen LogP contribution in [0.2, 0.25) is 0 Å². The van der Waals surface area contributed by atoms with Crippen LogP contribution in [0.3, 0.4) is 0 Å². The topological polar surface area (TPSA) is 113 Å². The van der Waals surface area contributed by atoms with Crippen molar-refractivity contribution in [2.75, 3.05) is 16.8 Å². The minimum atomic E-state index is -1.07. The number of thiazole rings is 1. The lowest BCUT2D eigenvalue weighted by atomic mass is 9.57. The van der Waals surface area contributed by atoms with Gasteiger partial charge in [0.1, 0.15) is 5.82 Å². The van der Waals surface area contributed by atoms with E-state index in [4.69, 9.17) is 5.10 Å². The Hall–Kier alpha value is -4.57. The minimum Gasteiger partial charge on any atom is -0.476 e. The van der Waals surface area contributed by atoms with Crippen molar-refractivity contribution >= 4 is 44.4 Å². The number of fused-ring (bicyclic) bond motifs is 4. The van der Waals surface area contributed by atoms with Gasteiger partial charge >= 0.3 is 5.97 Å². The summed E-state index contributed by atoms with van der Waals surface area (Å²) in [5, 5.41) is 18.6. The van der Waals surface area contributed by atoms with Crippen LogP contribution in [0.25, 0.3) is 21.3 Å². The van der Waals surface area contributed by atoms with Gasteiger partial charge in [0.15, 0.2) is 10.8 Å². The molecule has 9 nitrogen and oxygen atoms in total. The van der Waals surface area contributed by atoms with Crippen LogP contribution in [0.4, 0.5) is 10.9 Å². The van der Waals surface area contributed by atoms with E-state index in [0.29, 0.717) is 35.2 Å². The van der Waals surface area contributed by atoms with E-state index in [1.54, 1.807) is 6.20 Å². The molecule has 2 unspecified atom stereocenters. The van der Waals surface area contributed by atoms with Crippen LogP contribution in [0, 0.1) is 23.2 Å². The van der Waals surface area contributed by atoms with Gasteiger partial charge in [0.2, 0.25) is 0 Å². The second-order valence-electron chi connectivity index (χ2n) is 14.5. The molecule has 0 saturated heterocycles. The Bertz CT molecular complexity index is 1980.